The molecule has 0 bridgehead atoms. The van der Waals surface area contributed by atoms with Crippen LogP contribution in [0.4, 0.5) is 13.2 Å². The first-order chi connectivity index (χ1) is 21.1. The molecular weight excluding hydrogens is 577 g/mol. The van der Waals surface area contributed by atoms with Gasteiger partial charge in [0, 0.05) is 44.2 Å². The summed E-state index contributed by atoms with van der Waals surface area (Å²) in [5.74, 6) is -0.605. The Kier molecular flexibility index (Phi) is 8.62. The Hall–Kier alpha value is -3.55. The molecule has 1 aliphatic carbocycles. The number of halogens is 3. The number of ether oxygens (including phenoxy) is 1. The van der Waals surface area contributed by atoms with Gasteiger partial charge in [0.2, 0.25) is 5.91 Å². The minimum atomic E-state index is -4.51. The molecule has 3 aromatic heterocycles. The average Bonchev–Trinajstić information content (AvgIpc) is 3.74. The number of imidazole rings is 1. The number of carbonyl (C=O) groups excluding carboxylic acids is 2. The van der Waals surface area contributed by atoms with Gasteiger partial charge in [-0.2, -0.15) is 23.4 Å². The molecule has 3 atom stereocenters. The molecule has 6 rings (SSSR count). The van der Waals surface area contributed by atoms with Crippen LogP contribution in [0.1, 0.15) is 98.3 Å². The molecule has 44 heavy (non-hydrogen) atoms. The van der Waals surface area contributed by atoms with Crippen molar-refractivity contribution in [2.24, 2.45) is 17.8 Å². The van der Waals surface area contributed by atoms with Crippen molar-refractivity contribution in [3.63, 3.8) is 0 Å². The normalized spacial score (nSPS) is 25.7. The van der Waals surface area contributed by atoms with Crippen molar-refractivity contribution in [1.29, 1.82) is 0 Å². The van der Waals surface area contributed by atoms with Crippen LogP contribution in [0.2, 0.25) is 0 Å². The van der Waals surface area contributed by atoms with E-state index in [1.165, 1.54) is 0 Å². The fourth-order valence-electron chi connectivity index (χ4n) is 6.89. The monoisotopic (exact) mass is 616 g/mol. The zero-order chi connectivity index (χ0) is 31.0. The van der Waals surface area contributed by atoms with E-state index in [1.54, 1.807) is 27.7 Å². The molecule has 2 N–H and O–H groups in total. The van der Waals surface area contributed by atoms with Gasteiger partial charge in [0.25, 0.3) is 11.7 Å². The molecule has 2 amide bonds. The summed E-state index contributed by atoms with van der Waals surface area (Å²) >= 11 is 0. The van der Waals surface area contributed by atoms with Crippen molar-refractivity contribution in [2.45, 2.75) is 95.9 Å². The highest BCUT2D eigenvalue weighted by Crippen LogP contribution is 2.38. The van der Waals surface area contributed by atoms with Gasteiger partial charge in [-0.1, -0.05) is 19.8 Å². The minimum absolute atomic E-state index is 0.0102. The smallest absolute Gasteiger partial charge is 0.381 e. The predicted molar refractivity (Wildman–Crippen MR) is 153 cm³/mol. The molecular formula is C30H39F3N8O3. The quantitative estimate of drug-likeness (QED) is 0.389. The zero-order valence-corrected chi connectivity index (χ0v) is 25.0. The van der Waals surface area contributed by atoms with Crippen LogP contribution in [0.15, 0.2) is 18.5 Å². The Morgan fingerprint density at radius 1 is 1.16 bits per heavy atom. The first-order valence-electron chi connectivity index (χ1n) is 15.6. The van der Waals surface area contributed by atoms with Crippen LogP contribution in [0.3, 0.4) is 0 Å². The van der Waals surface area contributed by atoms with Crippen molar-refractivity contribution in [2.75, 3.05) is 13.2 Å². The van der Waals surface area contributed by atoms with Crippen LogP contribution < -0.4 is 10.6 Å². The predicted octanol–water partition coefficient (Wildman–Crippen LogP) is 4.14. The Morgan fingerprint density at radius 3 is 2.59 bits per heavy atom. The molecule has 2 saturated heterocycles. The Balaban J connectivity index is 1.35. The summed E-state index contributed by atoms with van der Waals surface area (Å²) in [6.07, 6.45) is 3.91. The van der Waals surface area contributed by atoms with E-state index in [-0.39, 0.29) is 36.6 Å². The summed E-state index contributed by atoms with van der Waals surface area (Å²) < 4.78 is 48.9. The molecule has 0 radical (unpaired) electrons. The topological polar surface area (TPSA) is 128 Å². The molecule has 0 aromatic carbocycles. The first-order valence-corrected chi connectivity index (χ1v) is 15.6. The van der Waals surface area contributed by atoms with Crippen molar-refractivity contribution >= 4 is 17.6 Å². The number of hydrogen-bond donors (Lipinski definition) is 2. The van der Waals surface area contributed by atoms with E-state index in [2.05, 4.69) is 22.7 Å². The van der Waals surface area contributed by atoms with Crippen LogP contribution in [-0.2, 0) is 22.5 Å². The van der Waals surface area contributed by atoms with Crippen molar-refractivity contribution in [3.8, 4) is 0 Å². The van der Waals surface area contributed by atoms with E-state index in [4.69, 9.17) is 19.8 Å². The number of nitrogens with zero attached hydrogens (tertiary/aromatic N) is 6. The SMILES string of the molecule is CCn1nccc1C(=O)N[C@H](c1cn2nc(C[C@H]3C[C@@H](C(F)(F)F)NC3=O)c(C3CCOCC3)nc2n1)C1CCC(C)CC1. The van der Waals surface area contributed by atoms with E-state index >= 15 is 0 Å². The maximum absolute atomic E-state index is 13.5. The number of fused-ring (bicyclic) bond motifs is 1. The summed E-state index contributed by atoms with van der Waals surface area (Å²) in [4.78, 5) is 35.8. The molecule has 11 nitrogen and oxygen atoms in total. The minimum Gasteiger partial charge on any atom is -0.381 e. The second-order valence-electron chi connectivity index (χ2n) is 12.5. The molecule has 0 unspecified atom stereocenters. The van der Waals surface area contributed by atoms with E-state index in [0.717, 1.165) is 25.7 Å². The number of hydrogen-bond acceptors (Lipinski definition) is 7. The number of aryl methyl sites for hydroxylation is 1. The highest BCUT2D eigenvalue weighted by molar-refractivity contribution is 5.92. The fraction of sp³-hybridized carbons (Fsp3) is 0.667. The molecule has 3 aromatic rings. The second kappa shape index (κ2) is 12.4. The maximum atomic E-state index is 13.5. The highest BCUT2D eigenvalue weighted by atomic mass is 19.4. The van der Waals surface area contributed by atoms with E-state index < -0.39 is 24.0 Å². The maximum Gasteiger partial charge on any atom is 0.408 e. The van der Waals surface area contributed by atoms with Gasteiger partial charge < -0.3 is 15.4 Å². The molecule has 1 saturated carbocycles. The average molecular weight is 617 g/mol. The van der Waals surface area contributed by atoms with Gasteiger partial charge in [0.05, 0.1) is 29.3 Å². The largest absolute Gasteiger partial charge is 0.408 e. The van der Waals surface area contributed by atoms with Crippen LogP contribution in [0.25, 0.3) is 5.78 Å². The first kappa shape index (κ1) is 30.5. The fourth-order valence-corrected chi connectivity index (χ4v) is 6.89. The zero-order valence-electron chi connectivity index (χ0n) is 25.0. The van der Waals surface area contributed by atoms with Gasteiger partial charge in [-0.05, 0) is 56.9 Å². The third kappa shape index (κ3) is 6.31. The third-order valence-corrected chi connectivity index (χ3v) is 9.47. The van der Waals surface area contributed by atoms with Crippen LogP contribution in [0, 0.1) is 17.8 Å². The van der Waals surface area contributed by atoms with E-state index in [0.29, 0.717) is 67.1 Å². The van der Waals surface area contributed by atoms with Crippen molar-refractivity contribution in [3.05, 3.63) is 41.2 Å². The lowest BCUT2D eigenvalue weighted by molar-refractivity contribution is -0.154. The Morgan fingerprint density at radius 2 is 1.91 bits per heavy atom. The van der Waals surface area contributed by atoms with Gasteiger partial charge in [-0.15, -0.1) is 0 Å². The van der Waals surface area contributed by atoms with Crippen molar-refractivity contribution in [1.82, 2.24) is 40.0 Å². The van der Waals surface area contributed by atoms with E-state index in [1.807, 2.05) is 6.92 Å². The van der Waals surface area contributed by atoms with Gasteiger partial charge in [-0.25, -0.2) is 14.5 Å². The lowest BCUT2D eigenvalue weighted by atomic mass is 9.78. The molecule has 238 valence electrons. The number of aromatic nitrogens is 6. The van der Waals surface area contributed by atoms with Gasteiger partial charge in [0.15, 0.2) is 0 Å². The lowest BCUT2D eigenvalue weighted by Gasteiger charge is -2.32. The number of nitrogens with one attached hydrogen (secondary N) is 2. The van der Waals surface area contributed by atoms with Gasteiger partial charge in [-0.3, -0.25) is 14.3 Å². The standard InChI is InChI=1S/C30H39F3N8O3/c1-3-40-23(8-11-34-40)28(43)37-26(18-6-4-17(2)5-7-18)22-16-41-29(35-22)38-25(19-9-12-44-13-10-19)21(39-41)14-20-15-24(30(31,32)33)36-27(20)42/h8,11,16-20,24,26H,3-7,9-10,12-15H2,1-2H3,(H,36,42)(H,37,43)/t17?,18?,20-,24-,26-/m0/s1. The van der Waals surface area contributed by atoms with Gasteiger partial charge in [0.1, 0.15) is 11.7 Å². The molecule has 2 aliphatic heterocycles. The molecule has 3 aliphatic rings. The summed E-state index contributed by atoms with van der Waals surface area (Å²) in [5, 5.41) is 14.4. The summed E-state index contributed by atoms with van der Waals surface area (Å²) in [6.45, 7) is 5.81. The number of alkyl halides is 3. The van der Waals surface area contributed by atoms with Crippen LogP contribution >= 0.6 is 0 Å². The number of carbonyl (C=O) groups is 2. The second-order valence-corrected chi connectivity index (χ2v) is 12.5. The van der Waals surface area contributed by atoms with Crippen molar-refractivity contribution < 1.29 is 27.5 Å². The van der Waals surface area contributed by atoms with Crippen LogP contribution in [0.5, 0.6) is 0 Å². The Labute approximate surface area is 253 Å². The molecule has 3 fully saturated rings. The van der Waals surface area contributed by atoms with Gasteiger partial charge >= 0.3 is 6.18 Å². The molecule has 5 heterocycles. The van der Waals surface area contributed by atoms with Crippen LogP contribution in [-0.4, -0.2) is 66.6 Å². The Bertz CT molecular complexity index is 1490. The van der Waals surface area contributed by atoms with E-state index in [9.17, 15) is 22.8 Å². The summed E-state index contributed by atoms with van der Waals surface area (Å²) in [7, 11) is 0. The lowest BCUT2D eigenvalue weighted by Crippen LogP contribution is -2.38. The summed E-state index contributed by atoms with van der Waals surface area (Å²) in [6, 6.07) is -0.558. The number of rotatable bonds is 8. The molecule has 14 heteroatoms. The number of amides is 2. The highest BCUT2D eigenvalue weighted by Gasteiger charge is 2.48. The summed E-state index contributed by atoms with van der Waals surface area (Å²) in [5.41, 5.74) is 2.25. The molecule has 0 spiro atoms. The third-order valence-electron chi connectivity index (χ3n) is 9.47.